The Balaban J connectivity index is 1.76. The lowest BCUT2D eigenvalue weighted by atomic mass is 9.70. The van der Waals surface area contributed by atoms with Crippen LogP contribution < -0.4 is 0 Å². The lowest BCUT2D eigenvalue weighted by Gasteiger charge is -2.39. The van der Waals surface area contributed by atoms with Crippen molar-refractivity contribution in [2.45, 2.75) is 89.6 Å². The van der Waals surface area contributed by atoms with Crippen molar-refractivity contribution in [2.24, 2.45) is 11.8 Å². The summed E-state index contributed by atoms with van der Waals surface area (Å²) in [6.07, 6.45) is 15.1. The minimum absolute atomic E-state index is 0.446. The molecule has 0 amide bonds. The third-order valence-electron chi connectivity index (χ3n) is 5.48. The second kappa shape index (κ2) is 8.03. The van der Waals surface area contributed by atoms with Crippen molar-refractivity contribution in [1.82, 2.24) is 0 Å². The van der Waals surface area contributed by atoms with Crippen LogP contribution in [0.5, 0.6) is 0 Å². The summed E-state index contributed by atoms with van der Waals surface area (Å²) >= 11 is 0. The van der Waals surface area contributed by atoms with E-state index in [0.29, 0.717) is 0 Å². The Hall–Kier alpha value is -0.550. The Kier molecular flexibility index (Phi) is 6.36. The molecule has 0 unspecified atom stereocenters. The third kappa shape index (κ3) is 4.22. The second-order valence-electron chi connectivity index (χ2n) is 6.90. The normalized spacial score (nSPS) is 31.9. The van der Waals surface area contributed by atoms with Crippen LogP contribution in [-0.2, 0) is 4.74 Å². The molecule has 20 heavy (non-hydrogen) atoms. The molecule has 114 valence electrons. The molecule has 0 spiro atoms. The van der Waals surface area contributed by atoms with Gasteiger partial charge in [-0.2, -0.15) is 5.26 Å². The molecule has 2 saturated carbocycles. The highest BCUT2D eigenvalue weighted by Gasteiger charge is 2.38. The zero-order valence-corrected chi connectivity index (χ0v) is 13.2. The molecular formula is C18H31NO. The standard InChI is InChI=1S/C18H31NO/c1-2-3-7-14-20-18(15-19)12-10-17(11-13-18)16-8-5-4-6-9-16/h16-17H,2-14H2,1H3. The molecule has 0 aromatic rings. The molecule has 2 nitrogen and oxygen atoms in total. The first-order valence-corrected chi connectivity index (χ1v) is 8.85. The van der Waals surface area contributed by atoms with Crippen molar-refractivity contribution in [2.75, 3.05) is 6.61 Å². The van der Waals surface area contributed by atoms with Crippen molar-refractivity contribution in [1.29, 1.82) is 5.26 Å². The number of ether oxygens (including phenoxy) is 1. The van der Waals surface area contributed by atoms with Gasteiger partial charge in [-0.25, -0.2) is 0 Å². The van der Waals surface area contributed by atoms with Crippen LogP contribution >= 0.6 is 0 Å². The van der Waals surface area contributed by atoms with Crippen LogP contribution in [0.25, 0.3) is 0 Å². The van der Waals surface area contributed by atoms with E-state index in [0.717, 1.165) is 37.7 Å². The van der Waals surface area contributed by atoms with Crippen LogP contribution in [0.3, 0.4) is 0 Å². The highest BCUT2D eigenvalue weighted by Crippen LogP contribution is 2.42. The fraction of sp³-hybridized carbons (Fsp3) is 0.944. The lowest BCUT2D eigenvalue weighted by Crippen LogP contribution is -2.38. The maximum absolute atomic E-state index is 9.52. The summed E-state index contributed by atoms with van der Waals surface area (Å²) in [5.74, 6) is 1.82. The monoisotopic (exact) mass is 277 g/mol. The van der Waals surface area contributed by atoms with Gasteiger partial charge in [-0.15, -0.1) is 0 Å². The second-order valence-corrected chi connectivity index (χ2v) is 6.90. The topological polar surface area (TPSA) is 33.0 Å². The molecule has 0 aromatic heterocycles. The summed E-state index contributed by atoms with van der Waals surface area (Å²) in [7, 11) is 0. The summed E-state index contributed by atoms with van der Waals surface area (Å²) < 4.78 is 6.00. The average molecular weight is 277 g/mol. The van der Waals surface area contributed by atoms with E-state index in [1.807, 2.05) is 0 Å². The van der Waals surface area contributed by atoms with Crippen LogP contribution in [0.1, 0.15) is 84.0 Å². The predicted octanol–water partition coefficient (Wildman–Crippen LogP) is 5.23. The molecule has 0 radical (unpaired) electrons. The van der Waals surface area contributed by atoms with Gasteiger partial charge in [-0.3, -0.25) is 0 Å². The van der Waals surface area contributed by atoms with Gasteiger partial charge >= 0.3 is 0 Å². The van der Waals surface area contributed by atoms with Crippen LogP contribution in [0.15, 0.2) is 0 Å². The number of unbranched alkanes of at least 4 members (excludes halogenated alkanes) is 2. The van der Waals surface area contributed by atoms with Gasteiger partial charge in [0.2, 0.25) is 0 Å². The maximum atomic E-state index is 9.52. The summed E-state index contributed by atoms with van der Waals surface area (Å²) in [5.41, 5.74) is -0.446. The summed E-state index contributed by atoms with van der Waals surface area (Å²) in [5, 5.41) is 9.52. The van der Waals surface area contributed by atoms with Gasteiger partial charge in [0, 0.05) is 6.61 Å². The Labute approximate surface area is 124 Å². The molecule has 2 rings (SSSR count). The average Bonchev–Trinajstić information content (AvgIpc) is 2.53. The van der Waals surface area contributed by atoms with Crippen molar-refractivity contribution >= 4 is 0 Å². The minimum atomic E-state index is -0.446. The smallest absolute Gasteiger partial charge is 0.154 e. The van der Waals surface area contributed by atoms with E-state index in [1.54, 1.807) is 0 Å². The van der Waals surface area contributed by atoms with Gasteiger partial charge in [0.25, 0.3) is 0 Å². The molecule has 0 N–H and O–H groups in total. The molecule has 0 heterocycles. The molecule has 0 atom stereocenters. The number of rotatable bonds is 6. The quantitative estimate of drug-likeness (QED) is 0.623. The highest BCUT2D eigenvalue weighted by molar-refractivity contribution is 5.05. The molecule has 2 heteroatoms. The molecule has 0 bridgehead atoms. The van der Waals surface area contributed by atoms with Gasteiger partial charge in [0.15, 0.2) is 5.60 Å². The van der Waals surface area contributed by atoms with Gasteiger partial charge in [0.1, 0.15) is 0 Å². The van der Waals surface area contributed by atoms with Gasteiger partial charge in [-0.05, 0) is 43.9 Å². The van der Waals surface area contributed by atoms with Crippen molar-refractivity contribution in [3.05, 3.63) is 0 Å². The SMILES string of the molecule is CCCCCOC1(C#N)CCC(C2CCCCC2)CC1. The van der Waals surface area contributed by atoms with Gasteiger partial charge in [-0.1, -0.05) is 51.9 Å². The van der Waals surface area contributed by atoms with Gasteiger partial charge in [0.05, 0.1) is 6.07 Å². The van der Waals surface area contributed by atoms with Gasteiger partial charge < -0.3 is 4.74 Å². The molecule has 0 saturated heterocycles. The molecule has 0 aromatic carbocycles. The summed E-state index contributed by atoms with van der Waals surface area (Å²) in [6, 6.07) is 2.50. The minimum Gasteiger partial charge on any atom is -0.360 e. The molecule has 2 aliphatic rings. The third-order valence-corrected chi connectivity index (χ3v) is 5.48. The number of nitriles is 1. The Morgan fingerprint density at radius 3 is 2.25 bits per heavy atom. The van der Waals surface area contributed by atoms with Crippen LogP contribution in [0, 0.1) is 23.2 Å². The highest BCUT2D eigenvalue weighted by atomic mass is 16.5. The number of nitrogens with zero attached hydrogens (tertiary/aromatic N) is 1. The largest absolute Gasteiger partial charge is 0.360 e. The first kappa shape index (κ1) is 15.8. The van der Waals surface area contributed by atoms with Crippen LogP contribution in [0.4, 0.5) is 0 Å². The summed E-state index contributed by atoms with van der Waals surface area (Å²) in [4.78, 5) is 0. The van der Waals surface area contributed by atoms with E-state index in [4.69, 9.17) is 4.74 Å². The van der Waals surface area contributed by atoms with E-state index in [-0.39, 0.29) is 0 Å². The van der Waals surface area contributed by atoms with Crippen molar-refractivity contribution < 1.29 is 4.74 Å². The molecular weight excluding hydrogens is 246 g/mol. The molecule has 2 fully saturated rings. The maximum Gasteiger partial charge on any atom is 0.154 e. The Morgan fingerprint density at radius 2 is 1.65 bits per heavy atom. The fourth-order valence-corrected chi connectivity index (χ4v) is 4.09. The molecule has 2 aliphatic carbocycles. The Bertz CT molecular complexity index is 306. The first-order chi connectivity index (χ1) is 9.79. The fourth-order valence-electron chi connectivity index (χ4n) is 4.09. The summed E-state index contributed by atoms with van der Waals surface area (Å²) in [6.45, 7) is 2.98. The van der Waals surface area contributed by atoms with Crippen molar-refractivity contribution in [3.8, 4) is 6.07 Å². The van der Waals surface area contributed by atoms with E-state index in [1.165, 1.54) is 57.8 Å². The van der Waals surface area contributed by atoms with E-state index >= 15 is 0 Å². The number of hydrogen-bond acceptors (Lipinski definition) is 2. The van der Waals surface area contributed by atoms with Crippen molar-refractivity contribution in [3.63, 3.8) is 0 Å². The molecule has 0 aliphatic heterocycles. The predicted molar refractivity (Wildman–Crippen MR) is 82.4 cm³/mol. The van der Waals surface area contributed by atoms with Crippen LogP contribution in [-0.4, -0.2) is 12.2 Å². The van der Waals surface area contributed by atoms with Crippen LogP contribution in [0.2, 0.25) is 0 Å². The zero-order chi connectivity index (χ0) is 14.3. The number of hydrogen-bond donors (Lipinski definition) is 0. The lowest BCUT2D eigenvalue weighted by molar-refractivity contribution is -0.0447. The zero-order valence-electron chi connectivity index (χ0n) is 13.2. The first-order valence-electron chi connectivity index (χ1n) is 8.85. The van der Waals surface area contributed by atoms with E-state index < -0.39 is 5.60 Å². The van der Waals surface area contributed by atoms with E-state index in [9.17, 15) is 5.26 Å². The van der Waals surface area contributed by atoms with E-state index in [2.05, 4.69) is 13.0 Å². The Morgan fingerprint density at radius 1 is 1.00 bits per heavy atom.